The van der Waals surface area contributed by atoms with Crippen LogP contribution in [0.15, 0.2) is 53.1 Å². The van der Waals surface area contributed by atoms with Crippen LogP contribution in [0.5, 0.6) is 0 Å². The third kappa shape index (κ3) is 1.89. The maximum Gasteiger partial charge on any atom is 0.226 e. The Labute approximate surface area is 99.7 Å². The zero-order valence-corrected chi connectivity index (χ0v) is 9.43. The van der Waals surface area contributed by atoms with Gasteiger partial charge in [-0.3, -0.25) is 0 Å². The lowest BCUT2D eigenvalue weighted by molar-refractivity contribution is 0.195. The molecule has 3 nitrogen and oxygen atoms in total. The fourth-order valence-corrected chi connectivity index (χ4v) is 1.97. The van der Waals surface area contributed by atoms with Crippen LogP contribution in [-0.4, -0.2) is 18.2 Å². The van der Waals surface area contributed by atoms with E-state index in [2.05, 4.69) is 11.6 Å². The highest BCUT2D eigenvalue weighted by Crippen LogP contribution is 2.31. The van der Waals surface area contributed by atoms with Crippen LogP contribution in [0.1, 0.15) is 11.7 Å². The van der Waals surface area contributed by atoms with Gasteiger partial charge in [-0.25, -0.2) is 4.98 Å². The Bertz CT molecular complexity index is 530. The summed E-state index contributed by atoms with van der Waals surface area (Å²) in [6, 6.07) is 9.87. The average molecular weight is 227 g/mol. The van der Waals surface area contributed by atoms with Crippen LogP contribution in [0.25, 0.3) is 11.5 Å². The maximum absolute atomic E-state index is 5.77. The number of ether oxygens (including phenoxy) is 1. The van der Waals surface area contributed by atoms with Gasteiger partial charge in [0.2, 0.25) is 5.89 Å². The van der Waals surface area contributed by atoms with E-state index in [0.717, 1.165) is 16.9 Å². The van der Waals surface area contributed by atoms with E-state index >= 15 is 0 Å². The van der Waals surface area contributed by atoms with Gasteiger partial charge >= 0.3 is 0 Å². The van der Waals surface area contributed by atoms with Gasteiger partial charge in [0.15, 0.2) is 0 Å². The van der Waals surface area contributed by atoms with Crippen LogP contribution in [0.3, 0.4) is 0 Å². The van der Waals surface area contributed by atoms with Crippen molar-refractivity contribution in [3.8, 4) is 11.5 Å². The Morgan fingerprint density at radius 2 is 2.06 bits per heavy atom. The second-order valence-corrected chi connectivity index (χ2v) is 4.16. The fraction of sp³-hybridized carbons (Fsp3) is 0.214. The third-order valence-electron chi connectivity index (χ3n) is 2.95. The molecule has 0 spiro atoms. The monoisotopic (exact) mass is 227 g/mol. The third-order valence-corrected chi connectivity index (χ3v) is 2.95. The van der Waals surface area contributed by atoms with E-state index < -0.39 is 0 Å². The van der Waals surface area contributed by atoms with Crippen molar-refractivity contribution < 1.29 is 9.15 Å². The van der Waals surface area contributed by atoms with Crippen molar-refractivity contribution in [1.82, 2.24) is 4.98 Å². The summed E-state index contributed by atoms with van der Waals surface area (Å²) >= 11 is 0. The minimum Gasteiger partial charge on any atom is -0.440 e. The molecule has 0 N–H and O–H groups in total. The predicted octanol–water partition coefficient (Wildman–Crippen LogP) is 3.01. The zero-order valence-electron chi connectivity index (χ0n) is 9.43. The Morgan fingerprint density at radius 3 is 2.76 bits per heavy atom. The summed E-state index contributed by atoms with van der Waals surface area (Å²) in [5.74, 6) is 1.65. The molecule has 1 unspecified atom stereocenters. The lowest BCUT2D eigenvalue weighted by atomic mass is 10.0. The molecule has 0 aliphatic carbocycles. The molecule has 1 aromatic carbocycles. The van der Waals surface area contributed by atoms with Crippen molar-refractivity contribution in [2.45, 2.75) is 5.92 Å². The quantitative estimate of drug-likeness (QED) is 0.740. The molecule has 86 valence electrons. The molecule has 0 radical (unpaired) electrons. The normalized spacial score (nSPS) is 19.8. The van der Waals surface area contributed by atoms with E-state index in [0.29, 0.717) is 19.1 Å². The number of hydrogen-bond donors (Lipinski definition) is 0. The van der Waals surface area contributed by atoms with E-state index in [9.17, 15) is 0 Å². The molecule has 1 aliphatic heterocycles. The summed E-state index contributed by atoms with van der Waals surface area (Å²) < 4.78 is 11.1. The molecule has 2 aromatic rings. The standard InChI is InChI=1S/C14H13NO2/c1-10-8-16-9-12(10)13-7-15-14(17-13)11-5-3-2-4-6-11/h2-7,12H,1,8-9H2. The first-order valence-electron chi connectivity index (χ1n) is 5.61. The van der Waals surface area contributed by atoms with Crippen molar-refractivity contribution in [1.29, 1.82) is 0 Å². The van der Waals surface area contributed by atoms with Gasteiger partial charge in [-0.15, -0.1) is 0 Å². The van der Waals surface area contributed by atoms with Crippen molar-refractivity contribution in [3.05, 3.63) is 54.4 Å². The summed E-state index contributed by atoms with van der Waals surface area (Å²) in [6.07, 6.45) is 1.77. The summed E-state index contributed by atoms with van der Waals surface area (Å²) in [4.78, 5) is 4.30. The van der Waals surface area contributed by atoms with Crippen LogP contribution in [-0.2, 0) is 4.74 Å². The number of oxazole rings is 1. The summed E-state index contributed by atoms with van der Waals surface area (Å²) in [5.41, 5.74) is 2.05. The first-order chi connectivity index (χ1) is 8.34. The highest BCUT2D eigenvalue weighted by atomic mass is 16.5. The molecule has 3 rings (SSSR count). The fourth-order valence-electron chi connectivity index (χ4n) is 1.97. The van der Waals surface area contributed by atoms with Gasteiger partial charge in [0.25, 0.3) is 0 Å². The Kier molecular flexibility index (Phi) is 2.53. The SMILES string of the molecule is C=C1COCC1c1cnc(-c2ccccc2)o1. The van der Waals surface area contributed by atoms with Gasteiger partial charge in [-0.1, -0.05) is 24.8 Å². The number of nitrogens with zero attached hydrogens (tertiary/aromatic N) is 1. The van der Waals surface area contributed by atoms with E-state index in [4.69, 9.17) is 9.15 Å². The van der Waals surface area contributed by atoms with Gasteiger partial charge in [0.1, 0.15) is 5.76 Å². The van der Waals surface area contributed by atoms with Crippen LogP contribution in [0.4, 0.5) is 0 Å². The van der Waals surface area contributed by atoms with E-state index in [1.165, 1.54) is 0 Å². The Hall–Kier alpha value is -1.87. The van der Waals surface area contributed by atoms with Crippen molar-refractivity contribution >= 4 is 0 Å². The van der Waals surface area contributed by atoms with Crippen LogP contribution >= 0.6 is 0 Å². The average Bonchev–Trinajstić information content (AvgIpc) is 2.98. The molecule has 17 heavy (non-hydrogen) atoms. The number of benzene rings is 1. The van der Waals surface area contributed by atoms with Gasteiger partial charge in [-0.05, 0) is 17.7 Å². The molecule has 3 heteroatoms. The van der Waals surface area contributed by atoms with E-state index in [1.807, 2.05) is 30.3 Å². The van der Waals surface area contributed by atoms with Crippen molar-refractivity contribution in [2.24, 2.45) is 0 Å². The largest absolute Gasteiger partial charge is 0.440 e. The first kappa shape index (κ1) is 10.3. The molecule has 0 bridgehead atoms. The lowest BCUT2D eigenvalue weighted by Crippen LogP contribution is -1.97. The molecular formula is C14H13NO2. The molecule has 2 heterocycles. The second kappa shape index (κ2) is 4.18. The molecule has 0 amide bonds. The van der Waals surface area contributed by atoms with Crippen LogP contribution < -0.4 is 0 Å². The van der Waals surface area contributed by atoms with Crippen molar-refractivity contribution in [2.75, 3.05) is 13.2 Å². The van der Waals surface area contributed by atoms with Gasteiger partial charge in [0.05, 0.1) is 25.3 Å². The lowest BCUT2D eigenvalue weighted by Gasteiger charge is -2.03. The minimum absolute atomic E-state index is 0.153. The molecule has 1 atom stereocenters. The Balaban J connectivity index is 1.91. The Morgan fingerprint density at radius 1 is 1.24 bits per heavy atom. The van der Waals surface area contributed by atoms with Gasteiger partial charge in [0, 0.05) is 5.56 Å². The molecule has 0 saturated carbocycles. The van der Waals surface area contributed by atoms with E-state index in [-0.39, 0.29) is 5.92 Å². The summed E-state index contributed by atoms with van der Waals surface area (Å²) in [7, 11) is 0. The molecular weight excluding hydrogens is 214 g/mol. The number of hydrogen-bond acceptors (Lipinski definition) is 3. The van der Waals surface area contributed by atoms with Crippen molar-refractivity contribution in [3.63, 3.8) is 0 Å². The molecule has 1 fully saturated rings. The zero-order chi connectivity index (χ0) is 11.7. The highest BCUT2D eigenvalue weighted by molar-refractivity contribution is 5.52. The molecule has 1 aliphatic rings. The first-order valence-corrected chi connectivity index (χ1v) is 5.61. The number of rotatable bonds is 2. The minimum atomic E-state index is 0.153. The predicted molar refractivity (Wildman–Crippen MR) is 64.6 cm³/mol. The number of aromatic nitrogens is 1. The van der Waals surface area contributed by atoms with Crippen LogP contribution in [0, 0.1) is 0 Å². The topological polar surface area (TPSA) is 35.3 Å². The highest BCUT2D eigenvalue weighted by Gasteiger charge is 2.25. The summed E-state index contributed by atoms with van der Waals surface area (Å²) in [6.45, 7) is 5.24. The van der Waals surface area contributed by atoms with Gasteiger partial charge < -0.3 is 9.15 Å². The smallest absolute Gasteiger partial charge is 0.226 e. The molecule has 1 saturated heterocycles. The molecule has 1 aromatic heterocycles. The van der Waals surface area contributed by atoms with Crippen LogP contribution in [0.2, 0.25) is 0 Å². The van der Waals surface area contributed by atoms with E-state index in [1.54, 1.807) is 6.20 Å². The summed E-state index contributed by atoms with van der Waals surface area (Å²) in [5, 5.41) is 0. The second-order valence-electron chi connectivity index (χ2n) is 4.16. The maximum atomic E-state index is 5.77. The van der Waals surface area contributed by atoms with Gasteiger partial charge in [-0.2, -0.15) is 0 Å².